The van der Waals surface area contributed by atoms with Crippen LogP contribution in [0.1, 0.15) is 49.8 Å². The van der Waals surface area contributed by atoms with Crippen LogP contribution in [0, 0.1) is 5.82 Å². The largest absolute Gasteiger partial charge is 0.380 e. The summed E-state index contributed by atoms with van der Waals surface area (Å²) in [7, 11) is 0. The second kappa shape index (κ2) is 5.76. The molecule has 0 heterocycles. The third-order valence-corrected chi connectivity index (χ3v) is 3.89. The Morgan fingerprint density at radius 1 is 1.05 bits per heavy atom. The minimum Gasteiger partial charge on any atom is -0.380 e. The minimum absolute atomic E-state index is 0.333. The van der Waals surface area contributed by atoms with Crippen LogP contribution in [0.15, 0.2) is 48.5 Å². The van der Waals surface area contributed by atoms with E-state index in [0.29, 0.717) is 17.9 Å². The molecule has 0 saturated carbocycles. The summed E-state index contributed by atoms with van der Waals surface area (Å²) < 4.78 is 14.0. The molecular formula is C18H21FO. The number of hydrogen-bond donors (Lipinski definition) is 1. The number of hydrogen-bond acceptors (Lipinski definition) is 1. The normalized spacial score (nSPS) is 14.3. The molecule has 106 valence electrons. The highest BCUT2D eigenvalue weighted by atomic mass is 19.1. The fourth-order valence-corrected chi connectivity index (χ4v) is 2.49. The molecule has 0 aliphatic carbocycles. The quantitative estimate of drug-likeness (QED) is 0.862. The highest BCUT2D eigenvalue weighted by molar-refractivity contribution is 5.38. The molecule has 0 amide bonds. The molecule has 1 atom stereocenters. The molecule has 0 saturated heterocycles. The fraction of sp³-hybridized carbons (Fsp3) is 0.333. The monoisotopic (exact) mass is 272 g/mol. The van der Waals surface area contributed by atoms with Crippen molar-refractivity contribution in [1.82, 2.24) is 0 Å². The predicted molar refractivity (Wildman–Crippen MR) is 80.2 cm³/mol. The molecule has 0 radical (unpaired) electrons. The first kappa shape index (κ1) is 14.7. The van der Waals surface area contributed by atoms with Gasteiger partial charge in [0.2, 0.25) is 0 Å². The van der Waals surface area contributed by atoms with Crippen LogP contribution in [-0.4, -0.2) is 5.11 Å². The van der Waals surface area contributed by atoms with E-state index in [0.717, 1.165) is 5.56 Å². The maximum Gasteiger partial charge on any atom is 0.129 e. The van der Waals surface area contributed by atoms with Gasteiger partial charge in [0, 0.05) is 5.56 Å². The van der Waals surface area contributed by atoms with Gasteiger partial charge >= 0.3 is 0 Å². The molecule has 2 aromatic carbocycles. The molecule has 2 heteroatoms. The maximum atomic E-state index is 14.0. The average molecular weight is 272 g/mol. The van der Waals surface area contributed by atoms with Crippen molar-refractivity contribution in [2.45, 2.75) is 38.7 Å². The van der Waals surface area contributed by atoms with Crippen LogP contribution in [0.25, 0.3) is 0 Å². The van der Waals surface area contributed by atoms with Crippen molar-refractivity contribution in [1.29, 1.82) is 0 Å². The zero-order chi connectivity index (χ0) is 14.8. The standard InChI is InChI=1S/C18H21FO/c1-4-18(20,16-7-5-6-8-17(16)19)15-11-9-14(10-12-15)13(2)3/h5-13,20H,4H2,1-3H3. The van der Waals surface area contributed by atoms with Gasteiger partial charge in [0.15, 0.2) is 0 Å². The highest BCUT2D eigenvalue weighted by Gasteiger charge is 2.32. The van der Waals surface area contributed by atoms with E-state index in [1.165, 1.54) is 11.6 Å². The number of aliphatic hydroxyl groups is 1. The Morgan fingerprint density at radius 3 is 2.15 bits per heavy atom. The molecule has 20 heavy (non-hydrogen) atoms. The number of rotatable bonds is 4. The van der Waals surface area contributed by atoms with E-state index >= 15 is 0 Å². The Morgan fingerprint density at radius 2 is 1.65 bits per heavy atom. The van der Waals surface area contributed by atoms with Crippen LogP contribution < -0.4 is 0 Å². The van der Waals surface area contributed by atoms with Crippen molar-refractivity contribution >= 4 is 0 Å². The van der Waals surface area contributed by atoms with Gasteiger partial charge in [0.1, 0.15) is 11.4 Å². The third-order valence-electron chi connectivity index (χ3n) is 3.89. The molecule has 2 rings (SSSR count). The van der Waals surface area contributed by atoms with Crippen LogP contribution in [-0.2, 0) is 5.60 Å². The Kier molecular flexibility index (Phi) is 4.24. The van der Waals surface area contributed by atoms with E-state index in [1.54, 1.807) is 18.2 Å². The average Bonchev–Trinajstić information content (AvgIpc) is 2.47. The van der Waals surface area contributed by atoms with E-state index < -0.39 is 5.60 Å². The van der Waals surface area contributed by atoms with Crippen molar-refractivity contribution in [3.05, 3.63) is 71.0 Å². The van der Waals surface area contributed by atoms with Crippen LogP contribution in [0.5, 0.6) is 0 Å². The van der Waals surface area contributed by atoms with Crippen molar-refractivity contribution in [2.24, 2.45) is 0 Å². The summed E-state index contributed by atoms with van der Waals surface area (Å²) in [5, 5.41) is 10.9. The van der Waals surface area contributed by atoms with Gasteiger partial charge in [-0.3, -0.25) is 0 Å². The molecule has 0 fully saturated rings. The molecular weight excluding hydrogens is 251 g/mol. The second-order valence-electron chi connectivity index (χ2n) is 5.47. The Hall–Kier alpha value is -1.67. The fourth-order valence-electron chi connectivity index (χ4n) is 2.49. The first-order valence-electron chi connectivity index (χ1n) is 7.07. The smallest absolute Gasteiger partial charge is 0.129 e. The van der Waals surface area contributed by atoms with E-state index in [4.69, 9.17) is 0 Å². The van der Waals surface area contributed by atoms with Crippen LogP contribution in [0.4, 0.5) is 4.39 Å². The zero-order valence-corrected chi connectivity index (χ0v) is 12.2. The summed E-state index contributed by atoms with van der Waals surface area (Å²) in [5.74, 6) is 0.0667. The first-order chi connectivity index (χ1) is 9.49. The van der Waals surface area contributed by atoms with Crippen molar-refractivity contribution in [3.63, 3.8) is 0 Å². The Bertz CT molecular complexity index is 574. The summed E-state index contributed by atoms with van der Waals surface area (Å²) in [6, 6.07) is 14.2. The van der Waals surface area contributed by atoms with Gasteiger partial charge in [-0.05, 0) is 29.5 Å². The molecule has 0 aliphatic heterocycles. The lowest BCUT2D eigenvalue weighted by atomic mass is 9.83. The molecule has 1 N–H and O–H groups in total. The van der Waals surface area contributed by atoms with Crippen LogP contribution in [0.2, 0.25) is 0 Å². The van der Waals surface area contributed by atoms with Crippen LogP contribution in [0.3, 0.4) is 0 Å². The van der Waals surface area contributed by atoms with E-state index in [-0.39, 0.29) is 5.82 Å². The second-order valence-corrected chi connectivity index (χ2v) is 5.47. The van der Waals surface area contributed by atoms with Crippen molar-refractivity contribution < 1.29 is 9.50 Å². The minimum atomic E-state index is -1.28. The van der Waals surface area contributed by atoms with E-state index in [1.807, 2.05) is 31.2 Å². The van der Waals surface area contributed by atoms with E-state index in [9.17, 15) is 9.50 Å². The summed E-state index contributed by atoms with van der Waals surface area (Å²) in [6.45, 7) is 6.11. The Labute approximate surface area is 120 Å². The molecule has 0 spiro atoms. The van der Waals surface area contributed by atoms with Gasteiger partial charge in [-0.15, -0.1) is 0 Å². The Balaban J connectivity index is 2.48. The molecule has 0 aliphatic rings. The van der Waals surface area contributed by atoms with Gasteiger partial charge in [0.05, 0.1) is 0 Å². The number of halogens is 1. The zero-order valence-electron chi connectivity index (χ0n) is 12.2. The molecule has 1 unspecified atom stereocenters. The summed E-state index contributed by atoms with van der Waals surface area (Å²) in [4.78, 5) is 0. The van der Waals surface area contributed by atoms with Crippen LogP contribution >= 0.6 is 0 Å². The van der Waals surface area contributed by atoms with Crippen molar-refractivity contribution in [3.8, 4) is 0 Å². The molecule has 2 aromatic rings. The lowest BCUT2D eigenvalue weighted by Crippen LogP contribution is -2.27. The first-order valence-corrected chi connectivity index (χ1v) is 7.07. The van der Waals surface area contributed by atoms with Gasteiger partial charge < -0.3 is 5.11 Å². The molecule has 1 nitrogen and oxygen atoms in total. The van der Waals surface area contributed by atoms with E-state index in [2.05, 4.69) is 13.8 Å². The molecule has 0 bridgehead atoms. The lowest BCUT2D eigenvalue weighted by Gasteiger charge is -2.28. The summed E-state index contributed by atoms with van der Waals surface area (Å²) in [5.41, 5.74) is 0.996. The maximum absolute atomic E-state index is 14.0. The lowest BCUT2D eigenvalue weighted by molar-refractivity contribution is 0.0725. The summed E-state index contributed by atoms with van der Waals surface area (Å²) in [6.07, 6.45) is 0.426. The predicted octanol–water partition coefficient (Wildman–Crippen LogP) is 4.60. The van der Waals surface area contributed by atoms with Gasteiger partial charge in [0.25, 0.3) is 0 Å². The number of benzene rings is 2. The van der Waals surface area contributed by atoms with Gasteiger partial charge in [-0.1, -0.05) is 63.2 Å². The van der Waals surface area contributed by atoms with Gasteiger partial charge in [-0.25, -0.2) is 4.39 Å². The third kappa shape index (κ3) is 2.61. The summed E-state index contributed by atoms with van der Waals surface area (Å²) >= 11 is 0. The molecule has 0 aromatic heterocycles. The van der Waals surface area contributed by atoms with Gasteiger partial charge in [-0.2, -0.15) is 0 Å². The highest BCUT2D eigenvalue weighted by Crippen LogP contribution is 2.34. The SMILES string of the molecule is CCC(O)(c1ccc(C(C)C)cc1)c1ccccc1F. The van der Waals surface area contributed by atoms with Crippen molar-refractivity contribution in [2.75, 3.05) is 0 Å². The topological polar surface area (TPSA) is 20.2 Å².